The zero-order valence-electron chi connectivity index (χ0n) is 12.5. The van der Waals surface area contributed by atoms with Crippen molar-refractivity contribution in [2.75, 3.05) is 11.1 Å². The van der Waals surface area contributed by atoms with E-state index < -0.39 is 0 Å². The molecule has 0 bridgehead atoms. The molecular formula is C16H17N3OS2. The topological polar surface area (TPSA) is 65.8 Å². The Balaban J connectivity index is 1.76. The number of nitriles is 1. The fraction of sp³-hybridized carbons (Fsp3) is 0.312. The molecule has 2 rings (SSSR count). The number of thioether (sulfide) groups is 1. The highest BCUT2D eigenvalue weighted by molar-refractivity contribution is 7.99. The normalized spacial score (nSPS) is 10.5. The van der Waals surface area contributed by atoms with E-state index in [1.807, 2.05) is 17.5 Å². The molecule has 0 radical (unpaired) electrons. The molecule has 1 amide bonds. The van der Waals surface area contributed by atoms with Gasteiger partial charge in [-0.15, -0.1) is 23.1 Å². The van der Waals surface area contributed by atoms with Crippen molar-refractivity contribution in [3.05, 3.63) is 46.5 Å². The Morgan fingerprint density at radius 2 is 2.14 bits per heavy atom. The molecule has 0 aliphatic carbocycles. The van der Waals surface area contributed by atoms with Gasteiger partial charge in [0.2, 0.25) is 5.91 Å². The number of anilines is 1. The van der Waals surface area contributed by atoms with Crippen LogP contribution in [0.4, 0.5) is 5.13 Å². The minimum absolute atomic E-state index is 0.0386. The van der Waals surface area contributed by atoms with E-state index in [-0.39, 0.29) is 5.91 Å². The summed E-state index contributed by atoms with van der Waals surface area (Å²) in [7, 11) is 0. The van der Waals surface area contributed by atoms with E-state index in [0.717, 1.165) is 17.0 Å². The quantitative estimate of drug-likeness (QED) is 0.868. The summed E-state index contributed by atoms with van der Waals surface area (Å²) < 4.78 is 0. The smallest absolute Gasteiger partial charge is 0.236 e. The first-order valence-corrected chi connectivity index (χ1v) is 8.94. The van der Waals surface area contributed by atoms with E-state index in [1.54, 1.807) is 23.9 Å². The molecule has 0 aliphatic rings. The number of nitrogens with zero attached hydrogens (tertiary/aromatic N) is 2. The van der Waals surface area contributed by atoms with E-state index in [1.165, 1.54) is 11.3 Å². The van der Waals surface area contributed by atoms with E-state index in [9.17, 15) is 4.79 Å². The van der Waals surface area contributed by atoms with Gasteiger partial charge < -0.3 is 5.32 Å². The van der Waals surface area contributed by atoms with Crippen LogP contribution in [-0.2, 0) is 10.5 Å². The number of hydrogen-bond acceptors (Lipinski definition) is 5. The average Bonchev–Trinajstić information content (AvgIpc) is 2.96. The maximum absolute atomic E-state index is 11.9. The largest absolute Gasteiger partial charge is 0.301 e. The van der Waals surface area contributed by atoms with Crippen LogP contribution >= 0.6 is 23.1 Å². The fourth-order valence-corrected chi connectivity index (χ4v) is 3.38. The van der Waals surface area contributed by atoms with Gasteiger partial charge in [-0.3, -0.25) is 4.79 Å². The van der Waals surface area contributed by atoms with Crippen LogP contribution in [0.1, 0.15) is 36.6 Å². The third-order valence-electron chi connectivity index (χ3n) is 2.94. The second kappa shape index (κ2) is 7.97. The van der Waals surface area contributed by atoms with Crippen molar-refractivity contribution in [2.45, 2.75) is 25.5 Å². The molecule has 22 heavy (non-hydrogen) atoms. The van der Waals surface area contributed by atoms with Crippen LogP contribution in [0.2, 0.25) is 0 Å². The predicted molar refractivity (Wildman–Crippen MR) is 92.2 cm³/mol. The van der Waals surface area contributed by atoms with Crippen molar-refractivity contribution in [1.82, 2.24) is 4.98 Å². The summed E-state index contributed by atoms with van der Waals surface area (Å²) >= 11 is 3.00. The second-order valence-electron chi connectivity index (χ2n) is 5.08. The van der Waals surface area contributed by atoms with Gasteiger partial charge >= 0.3 is 0 Å². The summed E-state index contributed by atoms with van der Waals surface area (Å²) in [6, 6.07) is 9.50. The van der Waals surface area contributed by atoms with E-state index >= 15 is 0 Å². The first kappa shape index (κ1) is 16.5. The van der Waals surface area contributed by atoms with Gasteiger partial charge in [0, 0.05) is 11.1 Å². The maximum Gasteiger partial charge on any atom is 0.236 e. The van der Waals surface area contributed by atoms with Crippen molar-refractivity contribution in [2.24, 2.45) is 0 Å². The Labute approximate surface area is 138 Å². The number of nitrogens with one attached hydrogen (secondary N) is 1. The van der Waals surface area contributed by atoms with Crippen LogP contribution in [-0.4, -0.2) is 16.6 Å². The van der Waals surface area contributed by atoms with Gasteiger partial charge in [-0.25, -0.2) is 4.98 Å². The van der Waals surface area contributed by atoms with Crippen LogP contribution in [0.5, 0.6) is 0 Å². The molecule has 114 valence electrons. The summed E-state index contributed by atoms with van der Waals surface area (Å²) in [5.74, 6) is 1.46. The zero-order chi connectivity index (χ0) is 15.9. The Morgan fingerprint density at radius 1 is 1.41 bits per heavy atom. The van der Waals surface area contributed by atoms with Crippen LogP contribution in [0.3, 0.4) is 0 Å². The highest BCUT2D eigenvalue weighted by Crippen LogP contribution is 2.21. The SMILES string of the molecule is CC(C)c1csc(NC(=O)CSCc2ccc(C#N)cc2)n1. The molecule has 4 nitrogen and oxygen atoms in total. The third-order valence-corrected chi connectivity index (χ3v) is 4.72. The van der Waals surface area contributed by atoms with Crippen LogP contribution < -0.4 is 5.32 Å². The molecule has 1 heterocycles. The highest BCUT2D eigenvalue weighted by Gasteiger charge is 2.08. The standard InChI is InChI=1S/C16H17N3OS2/c1-11(2)14-9-22-16(18-14)19-15(20)10-21-8-13-5-3-12(7-17)4-6-13/h3-6,9,11H,8,10H2,1-2H3,(H,18,19,20). The van der Waals surface area contributed by atoms with E-state index in [0.29, 0.717) is 22.4 Å². The lowest BCUT2D eigenvalue weighted by atomic mass is 10.2. The van der Waals surface area contributed by atoms with Crippen LogP contribution in [0, 0.1) is 11.3 Å². The molecule has 6 heteroatoms. The number of amides is 1. The van der Waals surface area contributed by atoms with Gasteiger partial charge in [-0.1, -0.05) is 26.0 Å². The minimum Gasteiger partial charge on any atom is -0.301 e. The molecule has 0 aliphatic heterocycles. The fourth-order valence-electron chi connectivity index (χ4n) is 1.70. The lowest BCUT2D eigenvalue weighted by molar-refractivity contribution is -0.113. The van der Waals surface area contributed by atoms with E-state index in [4.69, 9.17) is 5.26 Å². The number of thiazole rings is 1. The van der Waals surface area contributed by atoms with Gasteiger partial charge in [0.15, 0.2) is 5.13 Å². The molecule has 0 saturated carbocycles. The number of carbonyl (C=O) groups is 1. The van der Waals surface area contributed by atoms with Crippen LogP contribution in [0.15, 0.2) is 29.6 Å². The molecule has 0 fully saturated rings. The van der Waals surface area contributed by atoms with E-state index in [2.05, 4.69) is 30.2 Å². The Morgan fingerprint density at radius 3 is 2.73 bits per heavy atom. The lowest BCUT2D eigenvalue weighted by Crippen LogP contribution is -2.14. The lowest BCUT2D eigenvalue weighted by Gasteiger charge is -2.03. The number of aromatic nitrogens is 1. The van der Waals surface area contributed by atoms with Gasteiger partial charge in [0.25, 0.3) is 0 Å². The summed E-state index contributed by atoms with van der Waals surface area (Å²) in [4.78, 5) is 16.3. The van der Waals surface area contributed by atoms with Gasteiger partial charge in [0.05, 0.1) is 23.1 Å². The summed E-state index contributed by atoms with van der Waals surface area (Å²) in [5, 5.41) is 14.2. The zero-order valence-corrected chi connectivity index (χ0v) is 14.1. The summed E-state index contributed by atoms with van der Waals surface area (Å²) in [6.45, 7) is 4.15. The molecule has 0 spiro atoms. The number of hydrogen-bond donors (Lipinski definition) is 1. The average molecular weight is 331 g/mol. The molecule has 1 aromatic carbocycles. The Kier molecular flexibility index (Phi) is 5.99. The number of benzene rings is 1. The summed E-state index contributed by atoms with van der Waals surface area (Å²) in [6.07, 6.45) is 0. The Bertz CT molecular complexity index is 671. The Hall–Kier alpha value is -1.84. The molecule has 2 aromatic rings. The predicted octanol–water partition coefficient (Wildman–Crippen LogP) is 4.01. The van der Waals surface area contributed by atoms with Crippen LogP contribution in [0.25, 0.3) is 0 Å². The molecule has 1 N–H and O–H groups in total. The van der Waals surface area contributed by atoms with Crippen molar-refractivity contribution >= 4 is 34.1 Å². The first-order chi connectivity index (χ1) is 10.6. The highest BCUT2D eigenvalue weighted by atomic mass is 32.2. The van der Waals surface area contributed by atoms with Crippen molar-refractivity contribution in [1.29, 1.82) is 5.26 Å². The van der Waals surface area contributed by atoms with Gasteiger partial charge in [-0.05, 0) is 23.6 Å². The third kappa shape index (κ3) is 4.86. The van der Waals surface area contributed by atoms with Crippen molar-refractivity contribution in [3.63, 3.8) is 0 Å². The second-order valence-corrected chi connectivity index (χ2v) is 6.93. The molecule has 0 unspecified atom stereocenters. The van der Waals surface area contributed by atoms with Gasteiger partial charge in [-0.2, -0.15) is 5.26 Å². The molecule has 0 atom stereocenters. The maximum atomic E-state index is 11.9. The molecular weight excluding hydrogens is 314 g/mol. The number of rotatable bonds is 6. The van der Waals surface area contributed by atoms with Gasteiger partial charge in [0.1, 0.15) is 0 Å². The van der Waals surface area contributed by atoms with Crippen molar-refractivity contribution < 1.29 is 4.79 Å². The minimum atomic E-state index is -0.0386. The monoisotopic (exact) mass is 331 g/mol. The molecule has 0 saturated heterocycles. The molecule has 1 aromatic heterocycles. The first-order valence-electron chi connectivity index (χ1n) is 6.90. The number of carbonyl (C=O) groups excluding carboxylic acids is 1. The van der Waals surface area contributed by atoms with Crippen molar-refractivity contribution in [3.8, 4) is 6.07 Å². The summed E-state index contributed by atoms with van der Waals surface area (Å²) in [5.41, 5.74) is 2.76.